The Morgan fingerprint density at radius 3 is 2.12 bits per heavy atom. The molecule has 0 atom stereocenters. The summed E-state index contributed by atoms with van der Waals surface area (Å²) < 4.78 is 12.7. The molecule has 26 heavy (non-hydrogen) atoms. The van der Waals surface area contributed by atoms with Crippen molar-refractivity contribution < 1.29 is 9.47 Å². The molecule has 1 heterocycles. The van der Waals surface area contributed by atoms with Crippen molar-refractivity contribution in [2.75, 3.05) is 14.2 Å². The summed E-state index contributed by atoms with van der Waals surface area (Å²) in [5.41, 5.74) is 2.31. The van der Waals surface area contributed by atoms with Gasteiger partial charge in [0.1, 0.15) is 17.3 Å². The Kier molecular flexibility index (Phi) is 4.84. The second-order valence-corrected chi connectivity index (χ2v) is 7.23. The lowest BCUT2D eigenvalue weighted by atomic mass is 10.2. The fraction of sp³-hybridized carbons (Fsp3) is 0.300. The molecule has 3 aromatic rings. The SMILES string of the molecule is COc1ccc(CSc2nnc(C3CC3)n2-c2ccc(OC)cc2)cc1. The molecule has 0 radical (unpaired) electrons. The van der Waals surface area contributed by atoms with Crippen LogP contribution in [-0.2, 0) is 5.75 Å². The van der Waals surface area contributed by atoms with E-state index in [0.717, 1.165) is 33.9 Å². The zero-order valence-corrected chi connectivity index (χ0v) is 15.7. The molecule has 1 saturated carbocycles. The molecule has 0 bridgehead atoms. The first kappa shape index (κ1) is 17.0. The Balaban J connectivity index is 1.58. The maximum atomic E-state index is 5.28. The van der Waals surface area contributed by atoms with Gasteiger partial charge in [0.2, 0.25) is 0 Å². The van der Waals surface area contributed by atoms with Gasteiger partial charge in [0.05, 0.1) is 14.2 Å². The molecule has 0 amide bonds. The monoisotopic (exact) mass is 367 g/mol. The third-order valence-electron chi connectivity index (χ3n) is 4.46. The summed E-state index contributed by atoms with van der Waals surface area (Å²) in [4.78, 5) is 0. The standard InChI is InChI=1S/C20H21N3O2S/c1-24-17-9-3-14(4-10-17)13-26-20-22-21-19(15-5-6-15)23(20)16-7-11-18(25-2)12-8-16/h3-4,7-12,15H,5-6,13H2,1-2H3. The highest BCUT2D eigenvalue weighted by atomic mass is 32.2. The van der Waals surface area contributed by atoms with Crippen LogP contribution in [-0.4, -0.2) is 29.0 Å². The van der Waals surface area contributed by atoms with Crippen LogP contribution in [0, 0.1) is 0 Å². The molecule has 0 spiro atoms. The number of nitrogens with zero attached hydrogens (tertiary/aromatic N) is 3. The van der Waals surface area contributed by atoms with Crippen LogP contribution in [0.2, 0.25) is 0 Å². The van der Waals surface area contributed by atoms with Gasteiger partial charge in [-0.1, -0.05) is 23.9 Å². The minimum absolute atomic E-state index is 0.528. The van der Waals surface area contributed by atoms with Crippen molar-refractivity contribution in [1.29, 1.82) is 0 Å². The molecule has 1 fully saturated rings. The highest BCUT2D eigenvalue weighted by Crippen LogP contribution is 2.41. The molecule has 0 unspecified atom stereocenters. The van der Waals surface area contributed by atoms with Gasteiger partial charge in [0, 0.05) is 17.4 Å². The molecule has 6 heteroatoms. The van der Waals surface area contributed by atoms with Crippen LogP contribution >= 0.6 is 11.8 Å². The van der Waals surface area contributed by atoms with E-state index < -0.39 is 0 Å². The summed E-state index contributed by atoms with van der Waals surface area (Å²) in [5, 5.41) is 9.87. The Morgan fingerprint density at radius 1 is 0.923 bits per heavy atom. The zero-order valence-electron chi connectivity index (χ0n) is 14.9. The smallest absolute Gasteiger partial charge is 0.196 e. The van der Waals surface area contributed by atoms with Crippen LogP contribution < -0.4 is 9.47 Å². The van der Waals surface area contributed by atoms with E-state index >= 15 is 0 Å². The fourth-order valence-electron chi connectivity index (χ4n) is 2.82. The first-order valence-corrected chi connectivity index (χ1v) is 9.62. The van der Waals surface area contributed by atoms with E-state index in [1.54, 1.807) is 26.0 Å². The lowest BCUT2D eigenvalue weighted by molar-refractivity contribution is 0.414. The summed E-state index contributed by atoms with van der Waals surface area (Å²) in [6.07, 6.45) is 2.38. The van der Waals surface area contributed by atoms with Crippen molar-refractivity contribution in [3.8, 4) is 17.2 Å². The predicted octanol–water partition coefficient (Wildman–Crippen LogP) is 4.45. The van der Waals surface area contributed by atoms with Crippen molar-refractivity contribution in [2.24, 2.45) is 0 Å². The highest BCUT2D eigenvalue weighted by molar-refractivity contribution is 7.98. The second kappa shape index (κ2) is 7.41. The summed E-state index contributed by atoms with van der Waals surface area (Å²) in [7, 11) is 3.36. The van der Waals surface area contributed by atoms with E-state index in [0.29, 0.717) is 5.92 Å². The van der Waals surface area contributed by atoms with Crippen LogP contribution in [0.1, 0.15) is 30.1 Å². The minimum atomic E-state index is 0.528. The van der Waals surface area contributed by atoms with Gasteiger partial charge in [0.25, 0.3) is 0 Å². The summed E-state index contributed by atoms with van der Waals surface area (Å²) in [5.74, 6) is 4.15. The Hall–Kier alpha value is -2.47. The Labute approximate surface area is 157 Å². The number of hydrogen-bond donors (Lipinski definition) is 0. The molecule has 0 saturated heterocycles. The zero-order chi connectivity index (χ0) is 17.9. The second-order valence-electron chi connectivity index (χ2n) is 6.29. The van der Waals surface area contributed by atoms with Gasteiger partial charge in [-0.25, -0.2) is 0 Å². The normalized spacial score (nSPS) is 13.6. The lowest BCUT2D eigenvalue weighted by Gasteiger charge is -2.11. The largest absolute Gasteiger partial charge is 0.497 e. The van der Waals surface area contributed by atoms with Crippen molar-refractivity contribution in [2.45, 2.75) is 29.7 Å². The number of thioether (sulfide) groups is 1. The van der Waals surface area contributed by atoms with Gasteiger partial charge in [-0.15, -0.1) is 10.2 Å². The van der Waals surface area contributed by atoms with E-state index in [4.69, 9.17) is 9.47 Å². The first-order chi connectivity index (χ1) is 12.8. The summed E-state index contributed by atoms with van der Waals surface area (Å²) >= 11 is 1.70. The van der Waals surface area contributed by atoms with E-state index in [2.05, 4.69) is 39.0 Å². The molecule has 5 nitrogen and oxygen atoms in total. The first-order valence-electron chi connectivity index (χ1n) is 8.64. The fourth-order valence-corrected chi connectivity index (χ4v) is 3.74. The number of hydrogen-bond acceptors (Lipinski definition) is 5. The highest BCUT2D eigenvalue weighted by Gasteiger charge is 2.31. The molecular weight excluding hydrogens is 346 g/mol. The van der Waals surface area contributed by atoms with Crippen LogP contribution in [0.15, 0.2) is 53.7 Å². The third-order valence-corrected chi connectivity index (χ3v) is 5.46. The number of rotatable bonds is 7. The molecule has 1 aliphatic rings. The number of methoxy groups -OCH3 is 2. The summed E-state index contributed by atoms with van der Waals surface area (Å²) in [6.45, 7) is 0. The third kappa shape index (κ3) is 3.55. The van der Waals surface area contributed by atoms with Crippen LogP contribution in [0.25, 0.3) is 5.69 Å². The van der Waals surface area contributed by atoms with Crippen molar-refractivity contribution in [3.05, 3.63) is 59.9 Å². The summed E-state index contributed by atoms with van der Waals surface area (Å²) in [6, 6.07) is 16.2. The molecule has 1 aliphatic carbocycles. The van der Waals surface area contributed by atoms with Gasteiger partial charge in [-0.05, 0) is 54.8 Å². The molecule has 0 N–H and O–H groups in total. The van der Waals surface area contributed by atoms with Gasteiger partial charge in [-0.3, -0.25) is 4.57 Å². The quantitative estimate of drug-likeness (QED) is 0.577. The van der Waals surface area contributed by atoms with E-state index in [-0.39, 0.29) is 0 Å². The average Bonchev–Trinajstić information content (AvgIpc) is 3.46. The van der Waals surface area contributed by atoms with Crippen molar-refractivity contribution in [3.63, 3.8) is 0 Å². The lowest BCUT2D eigenvalue weighted by Crippen LogP contribution is -2.02. The van der Waals surface area contributed by atoms with Crippen LogP contribution in [0.3, 0.4) is 0 Å². The van der Waals surface area contributed by atoms with Gasteiger partial charge in [0.15, 0.2) is 5.16 Å². The molecule has 2 aromatic carbocycles. The molecule has 1 aromatic heterocycles. The van der Waals surface area contributed by atoms with Crippen LogP contribution in [0.4, 0.5) is 0 Å². The van der Waals surface area contributed by atoms with Crippen molar-refractivity contribution >= 4 is 11.8 Å². The van der Waals surface area contributed by atoms with Gasteiger partial charge < -0.3 is 9.47 Å². The molecule has 0 aliphatic heterocycles. The Bertz CT molecular complexity index is 871. The minimum Gasteiger partial charge on any atom is -0.497 e. The van der Waals surface area contributed by atoms with Gasteiger partial charge >= 0.3 is 0 Å². The van der Waals surface area contributed by atoms with E-state index in [9.17, 15) is 0 Å². The average molecular weight is 367 g/mol. The molecule has 4 rings (SSSR count). The van der Waals surface area contributed by atoms with Gasteiger partial charge in [-0.2, -0.15) is 0 Å². The number of aromatic nitrogens is 3. The predicted molar refractivity (Wildman–Crippen MR) is 102 cm³/mol. The number of ether oxygens (including phenoxy) is 2. The molecular formula is C20H21N3O2S. The van der Waals surface area contributed by atoms with Crippen LogP contribution in [0.5, 0.6) is 11.5 Å². The van der Waals surface area contributed by atoms with E-state index in [1.165, 1.54) is 18.4 Å². The topological polar surface area (TPSA) is 49.2 Å². The maximum absolute atomic E-state index is 5.28. The van der Waals surface area contributed by atoms with Crippen molar-refractivity contribution in [1.82, 2.24) is 14.8 Å². The maximum Gasteiger partial charge on any atom is 0.196 e. The number of benzene rings is 2. The molecule has 134 valence electrons. The Morgan fingerprint density at radius 2 is 1.54 bits per heavy atom. The van der Waals surface area contributed by atoms with E-state index in [1.807, 2.05) is 24.3 Å².